The largest absolute Gasteiger partial charge is 0.324 e. The number of carbonyl (C=O) groups is 1. The molecule has 96 valence electrons. The summed E-state index contributed by atoms with van der Waals surface area (Å²) in [4.78, 5) is 25.6. The Morgan fingerprint density at radius 2 is 1.94 bits per heavy atom. The van der Waals surface area contributed by atoms with E-state index in [-0.39, 0.29) is 11.7 Å². The SMILES string of the molecule is CCCN1CCN(c2ccc([N+](=O)[O-])cc2)C1=O. The Morgan fingerprint density at radius 1 is 1.28 bits per heavy atom. The number of hydrogen-bond acceptors (Lipinski definition) is 3. The first-order chi connectivity index (χ1) is 8.63. The molecular formula is C12H15N3O3. The molecule has 1 aromatic carbocycles. The molecule has 0 spiro atoms. The Kier molecular flexibility index (Phi) is 3.45. The van der Waals surface area contributed by atoms with Gasteiger partial charge in [0, 0.05) is 37.5 Å². The maximum Gasteiger partial charge on any atom is 0.324 e. The van der Waals surface area contributed by atoms with Crippen molar-refractivity contribution in [2.75, 3.05) is 24.5 Å². The normalized spacial score (nSPS) is 15.3. The topological polar surface area (TPSA) is 66.7 Å². The number of nitro benzene ring substituents is 1. The minimum Gasteiger partial charge on any atom is -0.323 e. The first kappa shape index (κ1) is 12.3. The maximum atomic E-state index is 12.0. The number of urea groups is 1. The van der Waals surface area contributed by atoms with Gasteiger partial charge in [0.05, 0.1) is 4.92 Å². The smallest absolute Gasteiger partial charge is 0.323 e. The molecule has 6 nitrogen and oxygen atoms in total. The van der Waals surface area contributed by atoms with E-state index < -0.39 is 4.92 Å². The molecular weight excluding hydrogens is 234 g/mol. The summed E-state index contributed by atoms with van der Waals surface area (Å²) in [6.45, 7) is 4.13. The molecule has 2 rings (SSSR count). The van der Waals surface area contributed by atoms with Crippen LogP contribution in [0.3, 0.4) is 0 Å². The molecule has 1 fully saturated rings. The molecule has 0 saturated carbocycles. The summed E-state index contributed by atoms with van der Waals surface area (Å²) >= 11 is 0. The van der Waals surface area contributed by atoms with Gasteiger partial charge in [0.25, 0.3) is 5.69 Å². The van der Waals surface area contributed by atoms with Crippen molar-refractivity contribution >= 4 is 17.4 Å². The molecule has 0 atom stereocenters. The van der Waals surface area contributed by atoms with Crippen LogP contribution in [-0.2, 0) is 0 Å². The molecule has 0 aromatic heterocycles. The van der Waals surface area contributed by atoms with E-state index in [0.717, 1.165) is 13.0 Å². The summed E-state index contributed by atoms with van der Waals surface area (Å²) < 4.78 is 0. The Morgan fingerprint density at radius 3 is 2.50 bits per heavy atom. The summed E-state index contributed by atoms with van der Waals surface area (Å²) in [6.07, 6.45) is 0.930. The van der Waals surface area contributed by atoms with Crippen molar-refractivity contribution in [2.24, 2.45) is 0 Å². The Balaban J connectivity index is 2.13. The maximum absolute atomic E-state index is 12.0. The molecule has 0 bridgehead atoms. The van der Waals surface area contributed by atoms with Gasteiger partial charge in [0.1, 0.15) is 0 Å². The summed E-state index contributed by atoms with van der Waals surface area (Å²) in [5.41, 5.74) is 0.750. The van der Waals surface area contributed by atoms with Gasteiger partial charge in [0.2, 0.25) is 0 Å². The molecule has 0 unspecified atom stereocenters. The summed E-state index contributed by atoms with van der Waals surface area (Å²) in [5, 5.41) is 10.6. The van der Waals surface area contributed by atoms with E-state index in [0.29, 0.717) is 18.8 Å². The van der Waals surface area contributed by atoms with Crippen LogP contribution in [0, 0.1) is 10.1 Å². The lowest BCUT2D eigenvalue weighted by Gasteiger charge is -2.17. The number of nitrogens with zero attached hydrogens (tertiary/aromatic N) is 3. The van der Waals surface area contributed by atoms with Crippen LogP contribution < -0.4 is 4.90 Å². The molecule has 1 aromatic rings. The highest BCUT2D eigenvalue weighted by atomic mass is 16.6. The predicted octanol–water partition coefficient (Wildman–Crippen LogP) is 2.25. The van der Waals surface area contributed by atoms with Crippen molar-refractivity contribution in [1.82, 2.24) is 4.90 Å². The standard InChI is InChI=1S/C12H15N3O3/c1-2-7-13-8-9-14(12(13)16)10-3-5-11(6-4-10)15(17)18/h3-6H,2,7-9H2,1H3. The van der Waals surface area contributed by atoms with Crippen molar-refractivity contribution in [2.45, 2.75) is 13.3 Å². The molecule has 1 heterocycles. The van der Waals surface area contributed by atoms with Crippen LogP contribution in [0.4, 0.5) is 16.2 Å². The number of anilines is 1. The van der Waals surface area contributed by atoms with E-state index in [9.17, 15) is 14.9 Å². The third-order valence-corrected chi connectivity index (χ3v) is 2.96. The molecule has 18 heavy (non-hydrogen) atoms. The highest BCUT2D eigenvalue weighted by Gasteiger charge is 2.28. The zero-order valence-electron chi connectivity index (χ0n) is 10.2. The minimum absolute atomic E-state index is 0.0225. The lowest BCUT2D eigenvalue weighted by molar-refractivity contribution is -0.384. The van der Waals surface area contributed by atoms with Gasteiger partial charge in [-0.15, -0.1) is 0 Å². The highest BCUT2D eigenvalue weighted by Crippen LogP contribution is 2.23. The third-order valence-electron chi connectivity index (χ3n) is 2.96. The van der Waals surface area contributed by atoms with Crippen molar-refractivity contribution in [3.63, 3.8) is 0 Å². The van der Waals surface area contributed by atoms with E-state index in [2.05, 4.69) is 0 Å². The Bertz CT molecular complexity index is 458. The first-order valence-corrected chi connectivity index (χ1v) is 5.94. The van der Waals surface area contributed by atoms with Crippen LogP contribution in [0.2, 0.25) is 0 Å². The Hall–Kier alpha value is -2.11. The van der Waals surface area contributed by atoms with Crippen LogP contribution >= 0.6 is 0 Å². The average molecular weight is 249 g/mol. The van der Waals surface area contributed by atoms with E-state index in [1.807, 2.05) is 6.92 Å². The van der Waals surface area contributed by atoms with E-state index >= 15 is 0 Å². The van der Waals surface area contributed by atoms with Gasteiger partial charge in [-0.1, -0.05) is 6.92 Å². The number of benzene rings is 1. The van der Waals surface area contributed by atoms with Gasteiger partial charge in [-0.3, -0.25) is 15.0 Å². The summed E-state index contributed by atoms with van der Waals surface area (Å²) in [7, 11) is 0. The second-order valence-electron chi connectivity index (χ2n) is 4.19. The molecule has 1 aliphatic heterocycles. The van der Waals surface area contributed by atoms with Crippen LogP contribution in [0.15, 0.2) is 24.3 Å². The summed E-state index contributed by atoms with van der Waals surface area (Å²) in [6, 6.07) is 6.05. The summed E-state index contributed by atoms with van der Waals surface area (Å²) in [5.74, 6) is 0. The van der Waals surface area contributed by atoms with Crippen LogP contribution in [0.1, 0.15) is 13.3 Å². The molecule has 1 saturated heterocycles. The molecule has 1 aliphatic rings. The lowest BCUT2D eigenvalue weighted by atomic mass is 10.2. The van der Waals surface area contributed by atoms with E-state index in [1.54, 1.807) is 21.9 Å². The van der Waals surface area contributed by atoms with Gasteiger partial charge < -0.3 is 4.90 Å². The fourth-order valence-corrected chi connectivity index (χ4v) is 2.05. The number of nitro groups is 1. The number of hydrogen-bond donors (Lipinski definition) is 0. The lowest BCUT2D eigenvalue weighted by Crippen LogP contribution is -2.32. The second-order valence-corrected chi connectivity index (χ2v) is 4.19. The number of non-ortho nitro benzene ring substituents is 1. The van der Waals surface area contributed by atoms with Crippen molar-refractivity contribution in [3.05, 3.63) is 34.4 Å². The second kappa shape index (κ2) is 5.03. The van der Waals surface area contributed by atoms with Gasteiger partial charge in [-0.05, 0) is 18.6 Å². The van der Waals surface area contributed by atoms with Crippen molar-refractivity contribution in [1.29, 1.82) is 0 Å². The van der Waals surface area contributed by atoms with Gasteiger partial charge in [0.15, 0.2) is 0 Å². The van der Waals surface area contributed by atoms with Gasteiger partial charge in [-0.25, -0.2) is 4.79 Å². The number of amides is 2. The van der Waals surface area contributed by atoms with Gasteiger partial charge in [-0.2, -0.15) is 0 Å². The number of carbonyl (C=O) groups excluding carboxylic acids is 1. The van der Waals surface area contributed by atoms with E-state index in [1.165, 1.54) is 12.1 Å². The first-order valence-electron chi connectivity index (χ1n) is 5.94. The number of rotatable bonds is 4. The molecule has 0 radical (unpaired) electrons. The average Bonchev–Trinajstić information content (AvgIpc) is 2.72. The van der Waals surface area contributed by atoms with Crippen LogP contribution in [0.5, 0.6) is 0 Å². The predicted molar refractivity (Wildman–Crippen MR) is 67.7 cm³/mol. The molecule has 0 N–H and O–H groups in total. The zero-order valence-corrected chi connectivity index (χ0v) is 10.2. The molecule has 0 aliphatic carbocycles. The van der Waals surface area contributed by atoms with Crippen LogP contribution in [-0.4, -0.2) is 35.5 Å². The minimum atomic E-state index is -0.445. The molecule has 6 heteroatoms. The quantitative estimate of drug-likeness (QED) is 0.607. The van der Waals surface area contributed by atoms with Crippen molar-refractivity contribution in [3.8, 4) is 0 Å². The fourth-order valence-electron chi connectivity index (χ4n) is 2.05. The zero-order chi connectivity index (χ0) is 13.1. The highest BCUT2D eigenvalue weighted by molar-refractivity contribution is 5.94. The fraction of sp³-hybridized carbons (Fsp3) is 0.417. The monoisotopic (exact) mass is 249 g/mol. The Labute approximate surface area is 105 Å². The van der Waals surface area contributed by atoms with Crippen molar-refractivity contribution < 1.29 is 9.72 Å². The third kappa shape index (κ3) is 2.27. The molecule has 2 amide bonds. The van der Waals surface area contributed by atoms with Crippen LogP contribution in [0.25, 0.3) is 0 Å². The van der Waals surface area contributed by atoms with E-state index in [4.69, 9.17) is 0 Å². The van der Waals surface area contributed by atoms with Gasteiger partial charge >= 0.3 is 6.03 Å².